The molecule has 0 aliphatic heterocycles. The summed E-state index contributed by atoms with van der Waals surface area (Å²) in [6, 6.07) is 4.41. The summed E-state index contributed by atoms with van der Waals surface area (Å²) in [5, 5.41) is 8.41. The third kappa shape index (κ3) is 2.44. The lowest BCUT2D eigenvalue weighted by atomic mass is 10.1. The number of carbonyl (C=O) groups is 1. The van der Waals surface area contributed by atoms with Crippen molar-refractivity contribution >= 4 is 28.6 Å². The summed E-state index contributed by atoms with van der Waals surface area (Å²) in [5.74, 6) is -1.48. The van der Waals surface area contributed by atoms with Gasteiger partial charge in [-0.05, 0) is 46.4 Å². The second-order valence-corrected chi connectivity index (χ2v) is 3.55. The molecule has 0 amide bonds. The Morgan fingerprint density at radius 1 is 1.58 bits per heavy atom. The van der Waals surface area contributed by atoms with Crippen molar-refractivity contribution in [1.82, 2.24) is 0 Å². The first kappa shape index (κ1) is 9.44. The van der Waals surface area contributed by atoms with E-state index in [1.54, 1.807) is 6.07 Å². The van der Waals surface area contributed by atoms with Crippen molar-refractivity contribution in [2.45, 2.75) is 6.42 Å². The van der Waals surface area contributed by atoms with Crippen LogP contribution in [-0.2, 0) is 11.2 Å². The first-order chi connectivity index (χ1) is 5.59. The van der Waals surface area contributed by atoms with E-state index in [4.69, 9.17) is 5.11 Å². The highest BCUT2D eigenvalue weighted by Gasteiger charge is 2.06. The second-order valence-electron chi connectivity index (χ2n) is 2.31. The summed E-state index contributed by atoms with van der Waals surface area (Å²) < 4.78 is 13.7. The maximum atomic E-state index is 12.9. The zero-order valence-corrected chi connectivity index (χ0v) is 8.21. The van der Waals surface area contributed by atoms with Crippen LogP contribution < -0.4 is 0 Å². The minimum atomic E-state index is -1.02. The summed E-state index contributed by atoms with van der Waals surface area (Å²) in [5.41, 5.74) is 0.231. The van der Waals surface area contributed by atoms with Crippen LogP contribution in [0.2, 0.25) is 0 Å². The van der Waals surface area contributed by atoms with E-state index in [9.17, 15) is 9.18 Å². The third-order valence-corrected chi connectivity index (χ3v) is 2.02. The Morgan fingerprint density at radius 3 is 2.83 bits per heavy atom. The lowest BCUT2D eigenvalue weighted by Crippen LogP contribution is -2.02. The number of aliphatic carboxylic acids is 1. The van der Waals surface area contributed by atoms with Crippen molar-refractivity contribution in [2.75, 3.05) is 0 Å². The summed E-state index contributed by atoms with van der Waals surface area (Å²) in [6.07, 6.45) is -0.261. The molecule has 0 saturated heterocycles. The molecule has 1 N–H and O–H groups in total. The molecule has 0 atom stereocenters. The van der Waals surface area contributed by atoms with E-state index in [1.807, 2.05) is 22.6 Å². The Morgan fingerprint density at radius 2 is 2.25 bits per heavy atom. The number of rotatable bonds is 2. The van der Waals surface area contributed by atoms with E-state index in [2.05, 4.69) is 0 Å². The highest BCUT2D eigenvalue weighted by atomic mass is 127. The number of carboxylic acid groups (broad SMARTS) is 1. The normalized spacial score (nSPS) is 9.83. The quantitative estimate of drug-likeness (QED) is 0.842. The zero-order chi connectivity index (χ0) is 9.14. The highest BCUT2D eigenvalue weighted by molar-refractivity contribution is 14.1. The maximum absolute atomic E-state index is 12.9. The van der Waals surface area contributed by atoms with Crippen molar-refractivity contribution in [2.24, 2.45) is 0 Å². The molecule has 1 rings (SSSR count). The minimum absolute atomic E-state index is 0.231. The standard InChI is InChI=1S/C8H6FIO2/c9-7-2-1-6(10)3-5(7)4-8(11)12/h1-3H,4H2,(H,11,12). The molecular weight excluding hydrogens is 274 g/mol. The van der Waals surface area contributed by atoms with Crippen molar-refractivity contribution < 1.29 is 14.3 Å². The zero-order valence-electron chi connectivity index (χ0n) is 6.05. The Bertz CT molecular complexity index is 312. The lowest BCUT2D eigenvalue weighted by Gasteiger charge is -1.99. The minimum Gasteiger partial charge on any atom is -0.481 e. The van der Waals surface area contributed by atoms with Gasteiger partial charge in [0.2, 0.25) is 0 Å². The Kier molecular flexibility index (Phi) is 3.02. The van der Waals surface area contributed by atoms with Gasteiger partial charge in [0.1, 0.15) is 5.82 Å². The summed E-state index contributed by atoms with van der Waals surface area (Å²) in [6.45, 7) is 0. The molecule has 1 aromatic carbocycles. The molecule has 0 spiro atoms. The molecule has 64 valence electrons. The second kappa shape index (κ2) is 3.84. The lowest BCUT2D eigenvalue weighted by molar-refractivity contribution is -0.136. The van der Waals surface area contributed by atoms with Gasteiger partial charge in [0.25, 0.3) is 0 Å². The fraction of sp³-hybridized carbons (Fsp3) is 0.125. The first-order valence-electron chi connectivity index (χ1n) is 3.25. The van der Waals surface area contributed by atoms with Crippen LogP contribution >= 0.6 is 22.6 Å². The predicted molar refractivity (Wildman–Crippen MR) is 50.5 cm³/mol. The molecule has 0 bridgehead atoms. The van der Waals surface area contributed by atoms with E-state index < -0.39 is 11.8 Å². The van der Waals surface area contributed by atoms with Gasteiger partial charge in [-0.2, -0.15) is 0 Å². The van der Waals surface area contributed by atoms with E-state index >= 15 is 0 Å². The van der Waals surface area contributed by atoms with Crippen molar-refractivity contribution in [1.29, 1.82) is 0 Å². The average Bonchev–Trinajstić information content (AvgIpc) is 1.96. The van der Waals surface area contributed by atoms with Gasteiger partial charge in [0, 0.05) is 3.57 Å². The number of benzene rings is 1. The maximum Gasteiger partial charge on any atom is 0.307 e. The van der Waals surface area contributed by atoms with Gasteiger partial charge >= 0.3 is 5.97 Å². The highest BCUT2D eigenvalue weighted by Crippen LogP contribution is 2.12. The van der Waals surface area contributed by atoms with Crippen LogP contribution in [-0.4, -0.2) is 11.1 Å². The van der Waals surface area contributed by atoms with Crippen LogP contribution in [0.4, 0.5) is 4.39 Å². The summed E-state index contributed by atoms with van der Waals surface area (Å²) in [7, 11) is 0. The SMILES string of the molecule is O=C(O)Cc1cc(I)ccc1F. The van der Waals surface area contributed by atoms with Gasteiger partial charge < -0.3 is 5.11 Å². The number of hydrogen-bond donors (Lipinski definition) is 1. The molecule has 0 unspecified atom stereocenters. The monoisotopic (exact) mass is 280 g/mol. The summed E-state index contributed by atoms with van der Waals surface area (Å²) in [4.78, 5) is 10.3. The van der Waals surface area contributed by atoms with Crippen molar-refractivity contribution in [3.8, 4) is 0 Å². The number of halogens is 2. The van der Waals surface area contributed by atoms with Crippen LogP contribution in [0.15, 0.2) is 18.2 Å². The van der Waals surface area contributed by atoms with Gasteiger partial charge in [-0.3, -0.25) is 4.79 Å². The van der Waals surface area contributed by atoms with Crippen LogP contribution in [0.1, 0.15) is 5.56 Å². The molecule has 0 radical (unpaired) electrons. The molecule has 4 heteroatoms. The van der Waals surface area contributed by atoms with Gasteiger partial charge in [0.05, 0.1) is 6.42 Å². The first-order valence-corrected chi connectivity index (χ1v) is 4.33. The smallest absolute Gasteiger partial charge is 0.307 e. The number of carboxylic acids is 1. The molecule has 0 fully saturated rings. The molecule has 2 nitrogen and oxygen atoms in total. The average molecular weight is 280 g/mol. The molecular formula is C8H6FIO2. The van der Waals surface area contributed by atoms with Crippen LogP contribution in [0, 0.1) is 9.39 Å². The molecule has 0 aliphatic rings. The molecule has 1 aromatic rings. The van der Waals surface area contributed by atoms with Crippen LogP contribution in [0.25, 0.3) is 0 Å². The Balaban J connectivity index is 2.97. The third-order valence-electron chi connectivity index (χ3n) is 1.35. The molecule has 0 aliphatic carbocycles. The van der Waals surface area contributed by atoms with Crippen molar-refractivity contribution in [3.63, 3.8) is 0 Å². The van der Waals surface area contributed by atoms with Gasteiger partial charge in [0.15, 0.2) is 0 Å². The topological polar surface area (TPSA) is 37.3 Å². The fourth-order valence-corrected chi connectivity index (χ4v) is 1.40. The van der Waals surface area contributed by atoms with E-state index in [-0.39, 0.29) is 12.0 Å². The number of hydrogen-bond acceptors (Lipinski definition) is 1. The molecule has 12 heavy (non-hydrogen) atoms. The van der Waals surface area contributed by atoms with E-state index in [0.29, 0.717) is 0 Å². The predicted octanol–water partition coefficient (Wildman–Crippen LogP) is 2.06. The Labute approximate surface area is 82.5 Å². The van der Waals surface area contributed by atoms with E-state index in [1.165, 1.54) is 12.1 Å². The fourth-order valence-electron chi connectivity index (χ4n) is 0.842. The van der Waals surface area contributed by atoms with Crippen LogP contribution in [0.5, 0.6) is 0 Å². The Hall–Kier alpha value is -0.650. The molecule has 0 saturated carbocycles. The van der Waals surface area contributed by atoms with Crippen LogP contribution in [0.3, 0.4) is 0 Å². The van der Waals surface area contributed by atoms with Gasteiger partial charge in [-0.1, -0.05) is 0 Å². The van der Waals surface area contributed by atoms with Gasteiger partial charge in [-0.25, -0.2) is 4.39 Å². The van der Waals surface area contributed by atoms with E-state index in [0.717, 1.165) is 3.57 Å². The summed E-state index contributed by atoms with van der Waals surface area (Å²) >= 11 is 2.01. The van der Waals surface area contributed by atoms with Gasteiger partial charge in [-0.15, -0.1) is 0 Å². The molecule has 0 aromatic heterocycles. The largest absolute Gasteiger partial charge is 0.481 e. The molecule has 0 heterocycles. The van der Waals surface area contributed by atoms with Crippen molar-refractivity contribution in [3.05, 3.63) is 33.1 Å².